The number of rotatable bonds is 3. The molecule has 19 heavy (non-hydrogen) atoms. The van der Waals surface area contributed by atoms with E-state index in [1.54, 1.807) is 0 Å². The van der Waals surface area contributed by atoms with E-state index in [0.29, 0.717) is 16.6 Å². The van der Waals surface area contributed by atoms with Crippen molar-refractivity contribution in [3.05, 3.63) is 16.0 Å². The SMILES string of the molecule is CC(=O)Nc1sc2c(c1C(N)=O)CC[NH+](C(C)C)C2. The van der Waals surface area contributed by atoms with Crippen LogP contribution >= 0.6 is 11.3 Å². The normalized spacial score (nSPS) is 18.2. The number of nitrogens with two attached hydrogens (primary N) is 1. The number of primary amides is 1. The van der Waals surface area contributed by atoms with Crippen molar-refractivity contribution >= 4 is 28.2 Å². The van der Waals surface area contributed by atoms with E-state index in [1.165, 1.54) is 28.0 Å². The standard InChI is InChI=1S/C13H19N3O2S/c1-7(2)16-5-4-9-10(6-16)19-13(15-8(3)17)11(9)12(14)18/h7H,4-6H2,1-3H3,(H2,14,18)(H,15,17)/p+1. The molecule has 1 aromatic rings. The van der Waals surface area contributed by atoms with Crippen LogP contribution in [-0.4, -0.2) is 24.4 Å². The summed E-state index contributed by atoms with van der Waals surface area (Å²) in [6, 6.07) is 0.552. The number of anilines is 1. The quantitative estimate of drug-likeness (QED) is 0.738. The molecule has 0 saturated carbocycles. The molecule has 0 saturated heterocycles. The Morgan fingerprint density at radius 1 is 1.42 bits per heavy atom. The van der Waals surface area contributed by atoms with Crippen LogP contribution < -0.4 is 16.0 Å². The van der Waals surface area contributed by atoms with Crippen LogP contribution in [0.4, 0.5) is 5.00 Å². The van der Waals surface area contributed by atoms with Crippen LogP contribution in [0.15, 0.2) is 0 Å². The number of quaternary nitrogens is 1. The maximum atomic E-state index is 11.6. The third-order valence-corrected chi connectivity index (χ3v) is 4.67. The molecule has 1 aliphatic heterocycles. The minimum Gasteiger partial charge on any atom is -0.365 e. The van der Waals surface area contributed by atoms with Gasteiger partial charge in [-0.05, 0) is 19.4 Å². The number of carbonyl (C=O) groups excluding carboxylic acids is 2. The van der Waals surface area contributed by atoms with Crippen molar-refractivity contribution in [1.82, 2.24) is 0 Å². The fourth-order valence-electron chi connectivity index (χ4n) is 2.50. The molecule has 2 rings (SSSR count). The molecule has 0 spiro atoms. The molecule has 1 aliphatic rings. The van der Waals surface area contributed by atoms with Crippen LogP contribution in [0, 0.1) is 0 Å². The summed E-state index contributed by atoms with van der Waals surface area (Å²) in [5.41, 5.74) is 7.01. The van der Waals surface area contributed by atoms with Gasteiger partial charge in [-0.3, -0.25) is 9.59 Å². The van der Waals surface area contributed by atoms with Crippen LogP contribution in [0.5, 0.6) is 0 Å². The highest BCUT2D eigenvalue weighted by atomic mass is 32.1. The molecular formula is C13H20N3O2S+. The lowest BCUT2D eigenvalue weighted by Gasteiger charge is -2.27. The molecule has 0 bridgehead atoms. The molecule has 1 unspecified atom stereocenters. The maximum Gasteiger partial charge on any atom is 0.252 e. The van der Waals surface area contributed by atoms with Gasteiger partial charge in [-0.15, -0.1) is 11.3 Å². The number of fused-ring (bicyclic) bond motifs is 1. The molecule has 1 aromatic heterocycles. The topological polar surface area (TPSA) is 76.6 Å². The van der Waals surface area contributed by atoms with Gasteiger partial charge in [0.1, 0.15) is 11.5 Å². The first kappa shape index (κ1) is 14.0. The lowest BCUT2D eigenvalue weighted by atomic mass is 10.0. The van der Waals surface area contributed by atoms with Gasteiger partial charge in [0.15, 0.2) is 0 Å². The predicted molar refractivity (Wildman–Crippen MR) is 75.5 cm³/mol. The Kier molecular flexibility index (Phi) is 3.91. The highest BCUT2D eigenvalue weighted by Gasteiger charge is 2.30. The Balaban J connectivity index is 2.39. The van der Waals surface area contributed by atoms with Crippen molar-refractivity contribution in [1.29, 1.82) is 0 Å². The zero-order valence-electron chi connectivity index (χ0n) is 11.5. The second-order valence-corrected chi connectivity index (χ2v) is 6.35. The Morgan fingerprint density at radius 3 is 2.63 bits per heavy atom. The van der Waals surface area contributed by atoms with Crippen molar-refractivity contribution in [3.8, 4) is 0 Å². The number of thiophene rings is 1. The largest absolute Gasteiger partial charge is 0.365 e. The average Bonchev–Trinajstić information content (AvgIpc) is 2.64. The minimum atomic E-state index is -0.450. The summed E-state index contributed by atoms with van der Waals surface area (Å²) < 4.78 is 0. The number of carbonyl (C=O) groups is 2. The van der Waals surface area contributed by atoms with Crippen LogP contribution in [0.2, 0.25) is 0 Å². The number of amides is 2. The van der Waals surface area contributed by atoms with Gasteiger partial charge >= 0.3 is 0 Å². The van der Waals surface area contributed by atoms with Gasteiger partial charge in [-0.1, -0.05) is 0 Å². The van der Waals surface area contributed by atoms with E-state index in [-0.39, 0.29) is 5.91 Å². The van der Waals surface area contributed by atoms with E-state index in [4.69, 9.17) is 5.73 Å². The third kappa shape index (κ3) is 2.79. The Labute approximate surface area is 116 Å². The van der Waals surface area contributed by atoms with Gasteiger partial charge in [-0.2, -0.15) is 0 Å². The molecule has 0 aromatic carbocycles. The van der Waals surface area contributed by atoms with Gasteiger partial charge < -0.3 is 16.0 Å². The smallest absolute Gasteiger partial charge is 0.252 e. The molecule has 6 heteroatoms. The lowest BCUT2D eigenvalue weighted by molar-refractivity contribution is -0.936. The summed E-state index contributed by atoms with van der Waals surface area (Å²) in [6.07, 6.45) is 0.844. The van der Waals surface area contributed by atoms with E-state index in [9.17, 15) is 9.59 Å². The van der Waals surface area contributed by atoms with Crippen molar-refractivity contribution in [2.24, 2.45) is 5.73 Å². The van der Waals surface area contributed by atoms with Crippen molar-refractivity contribution in [3.63, 3.8) is 0 Å². The highest BCUT2D eigenvalue weighted by molar-refractivity contribution is 7.17. The molecule has 104 valence electrons. The molecule has 2 amide bonds. The molecule has 5 nitrogen and oxygen atoms in total. The first-order chi connectivity index (χ1) is 8.90. The monoisotopic (exact) mass is 282 g/mol. The van der Waals surface area contributed by atoms with Crippen molar-refractivity contribution in [2.45, 2.75) is 39.8 Å². The first-order valence-electron chi connectivity index (χ1n) is 6.46. The molecule has 4 N–H and O–H groups in total. The van der Waals surface area contributed by atoms with E-state index in [1.807, 2.05) is 0 Å². The molecule has 2 heterocycles. The summed E-state index contributed by atoms with van der Waals surface area (Å²) in [5.74, 6) is -0.622. The van der Waals surface area contributed by atoms with E-state index < -0.39 is 5.91 Å². The minimum absolute atomic E-state index is 0.172. The molecular weight excluding hydrogens is 262 g/mol. The second-order valence-electron chi connectivity index (χ2n) is 5.24. The van der Waals surface area contributed by atoms with Crippen molar-refractivity contribution in [2.75, 3.05) is 11.9 Å². The van der Waals surface area contributed by atoms with E-state index in [2.05, 4.69) is 19.2 Å². The van der Waals surface area contributed by atoms with Gasteiger partial charge in [0.05, 0.1) is 23.0 Å². The van der Waals surface area contributed by atoms with Gasteiger partial charge in [0, 0.05) is 13.3 Å². The Bertz CT molecular complexity index is 522. The van der Waals surface area contributed by atoms with E-state index in [0.717, 1.165) is 25.1 Å². The summed E-state index contributed by atoms with van der Waals surface area (Å²) >= 11 is 1.49. The molecule has 0 radical (unpaired) electrons. The Morgan fingerprint density at radius 2 is 2.11 bits per heavy atom. The number of hydrogen-bond acceptors (Lipinski definition) is 3. The first-order valence-corrected chi connectivity index (χ1v) is 7.28. The summed E-state index contributed by atoms with van der Waals surface area (Å²) in [6.45, 7) is 7.73. The summed E-state index contributed by atoms with van der Waals surface area (Å²) in [4.78, 5) is 25.5. The highest BCUT2D eigenvalue weighted by Crippen LogP contribution is 2.34. The van der Waals surface area contributed by atoms with Crippen molar-refractivity contribution < 1.29 is 14.5 Å². The fourth-order valence-corrected chi connectivity index (χ4v) is 3.85. The molecule has 1 atom stereocenters. The lowest BCUT2D eigenvalue weighted by Crippen LogP contribution is -3.14. The fraction of sp³-hybridized carbons (Fsp3) is 0.538. The second kappa shape index (κ2) is 5.30. The predicted octanol–water partition coefficient (Wildman–Crippen LogP) is 0.155. The third-order valence-electron chi connectivity index (χ3n) is 3.53. The van der Waals surface area contributed by atoms with Gasteiger partial charge in [-0.25, -0.2) is 0 Å². The molecule has 0 fully saturated rings. The Hall–Kier alpha value is -1.40. The van der Waals surface area contributed by atoms with Gasteiger partial charge in [0.2, 0.25) is 5.91 Å². The number of nitrogens with one attached hydrogen (secondary N) is 2. The zero-order chi connectivity index (χ0) is 14.2. The summed E-state index contributed by atoms with van der Waals surface area (Å²) in [5, 5.41) is 3.33. The van der Waals surface area contributed by atoms with Crippen LogP contribution in [-0.2, 0) is 17.8 Å². The van der Waals surface area contributed by atoms with Gasteiger partial charge in [0.25, 0.3) is 5.91 Å². The average molecular weight is 282 g/mol. The zero-order valence-corrected chi connectivity index (χ0v) is 12.3. The molecule has 0 aliphatic carbocycles. The van der Waals surface area contributed by atoms with Crippen LogP contribution in [0.1, 0.15) is 41.6 Å². The van der Waals surface area contributed by atoms with Crippen LogP contribution in [0.25, 0.3) is 0 Å². The van der Waals surface area contributed by atoms with Crippen LogP contribution in [0.3, 0.4) is 0 Å². The maximum absolute atomic E-state index is 11.6. The number of hydrogen-bond donors (Lipinski definition) is 3. The van der Waals surface area contributed by atoms with E-state index >= 15 is 0 Å². The summed E-state index contributed by atoms with van der Waals surface area (Å²) in [7, 11) is 0.